The van der Waals surface area contributed by atoms with E-state index in [4.69, 9.17) is 0 Å². The number of nitrogens with one attached hydrogen (secondary N) is 1. The third kappa shape index (κ3) is 4.43. The van der Waals surface area contributed by atoms with Crippen molar-refractivity contribution in [1.82, 2.24) is 25.2 Å². The second-order valence-corrected chi connectivity index (χ2v) is 7.75. The molecule has 27 heavy (non-hydrogen) atoms. The molecule has 1 aromatic carbocycles. The van der Waals surface area contributed by atoms with Gasteiger partial charge in [0.15, 0.2) is 5.69 Å². The van der Waals surface area contributed by atoms with Crippen molar-refractivity contribution in [3.05, 3.63) is 70.2 Å². The number of nitrogens with zero attached hydrogens (tertiary/aromatic N) is 4. The van der Waals surface area contributed by atoms with Crippen molar-refractivity contribution in [3.8, 4) is 0 Å². The van der Waals surface area contributed by atoms with Crippen LogP contribution < -0.4 is 5.32 Å². The molecule has 6 nitrogen and oxygen atoms in total. The molecule has 140 valence electrons. The van der Waals surface area contributed by atoms with E-state index in [9.17, 15) is 4.79 Å². The van der Waals surface area contributed by atoms with E-state index in [1.54, 1.807) is 22.2 Å². The fourth-order valence-electron chi connectivity index (χ4n) is 3.47. The molecule has 1 N–H and O–H groups in total. The SMILES string of the molecule is O=C(NCC(c1cccs1)N1CCCC1)c1cn(Cc2ccccc2)nn1. The van der Waals surface area contributed by atoms with Crippen molar-refractivity contribution < 1.29 is 4.79 Å². The molecular formula is C20H23N5OS. The summed E-state index contributed by atoms with van der Waals surface area (Å²) < 4.78 is 1.70. The zero-order chi connectivity index (χ0) is 18.5. The van der Waals surface area contributed by atoms with Crippen molar-refractivity contribution in [2.75, 3.05) is 19.6 Å². The zero-order valence-corrected chi connectivity index (χ0v) is 15.9. The van der Waals surface area contributed by atoms with Gasteiger partial charge in [0.2, 0.25) is 0 Å². The summed E-state index contributed by atoms with van der Waals surface area (Å²) in [6, 6.07) is 14.5. The van der Waals surface area contributed by atoms with E-state index in [1.807, 2.05) is 30.3 Å². The summed E-state index contributed by atoms with van der Waals surface area (Å²) in [5.41, 5.74) is 1.48. The molecule has 1 amide bonds. The van der Waals surface area contributed by atoms with Crippen molar-refractivity contribution in [1.29, 1.82) is 0 Å². The number of thiophene rings is 1. The lowest BCUT2D eigenvalue weighted by molar-refractivity contribution is 0.0933. The normalized spacial score (nSPS) is 15.7. The first-order valence-electron chi connectivity index (χ1n) is 9.29. The molecule has 1 saturated heterocycles. The Morgan fingerprint density at radius 1 is 1.15 bits per heavy atom. The van der Waals surface area contributed by atoms with Gasteiger partial charge in [-0.15, -0.1) is 16.4 Å². The molecule has 2 aromatic heterocycles. The minimum Gasteiger partial charge on any atom is -0.349 e. The number of rotatable bonds is 7. The zero-order valence-electron chi connectivity index (χ0n) is 15.1. The van der Waals surface area contributed by atoms with Crippen LogP contribution in [0.2, 0.25) is 0 Å². The van der Waals surface area contributed by atoms with Gasteiger partial charge in [0.1, 0.15) is 0 Å². The Kier molecular flexibility index (Phi) is 5.60. The van der Waals surface area contributed by atoms with Gasteiger partial charge in [-0.05, 0) is 42.9 Å². The van der Waals surface area contributed by atoms with Crippen molar-refractivity contribution in [2.24, 2.45) is 0 Å². The van der Waals surface area contributed by atoms with Crippen LogP contribution >= 0.6 is 11.3 Å². The highest BCUT2D eigenvalue weighted by Gasteiger charge is 2.25. The number of hydrogen-bond acceptors (Lipinski definition) is 5. The number of benzene rings is 1. The van der Waals surface area contributed by atoms with E-state index in [0.717, 1.165) is 18.7 Å². The van der Waals surface area contributed by atoms with E-state index < -0.39 is 0 Å². The molecule has 3 heterocycles. The maximum atomic E-state index is 12.6. The lowest BCUT2D eigenvalue weighted by Crippen LogP contribution is -2.36. The van der Waals surface area contributed by atoms with Gasteiger partial charge >= 0.3 is 0 Å². The fourth-order valence-corrected chi connectivity index (χ4v) is 4.33. The predicted molar refractivity (Wildman–Crippen MR) is 106 cm³/mol. The number of carbonyl (C=O) groups excluding carboxylic acids is 1. The first-order chi connectivity index (χ1) is 13.3. The molecule has 0 radical (unpaired) electrons. The maximum absolute atomic E-state index is 12.6. The highest BCUT2D eigenvalue weighted by molar-refractivity contribution is 7.10. The Morgan fingerprint density at radius 2 is 1.96 bits per heavy atom. The molecule has 1 fully saturated rings. The fraction of sp³-hybridized carbons (Fsp3) is 0.350. The van der Waals surface area contributed by atoms with Gasteiger partial charge in [-0.1, -0.05) is 41.6 Å². The molecule has 0 spiro atoms. The maximum Gasteiger partial charge on any atom is 0.273 e. The Morgan fingerprint density at radius 3 is 2.70 bits per heavy atom. The first kappa shape index (κ1) is 17.9. The first-order valence-corrected chi connectivity index (χ1v) is 10.2. The van der Waals surface area contributed by atoms with Crippen molar-refractivity contribution >= 4 is 17.2 Å². The van der Waals surface area contributed by atoms with Gasteiger partial charge in [0, 0.05) is 11.4 Å². The van der Waals surface area contributed by atoms with E-state index in [2.05, 4.69) is 38.0 Å². The van der Waals surface area contributed by atoms with Crippen LogP contribution in [-0.4, -0.2) is 45.4 Å². The van der Waals surface area contributed by atoms with Gasteiger partial charge in [-0.3, -0.25) is 9.69 Å². The molecule has 1 aliphatic heterocycles. The highest BCUT2D eigenvalue weighted by atomic mass is 32.1. The number of likely N-dealkylation sites (tertiary alicyclic amines) is 1. The molecule has 0 aliphatic carbocycles. The minimum absolute atomic E-state index is 0.171. The van der Waals surface area contributed by atoms with Crippen molar-refractivity contribution in [3.63, 3.8) is 0 Å². The molecule has 7 heteroatoms. The van der Waals surface area contributed by atoms with Crippen LogP contribution in [0.4, 0.5) is 0 Å². The van der Waals surface area contributed by atoms with E-state index in [0.29, 0.717) is 18.8 Å². The minimum atomic E-state index is -0.171. The van der Waals surface area contributed by atoms with Gasteiger partial charge in [-0.25, -0.2) is 4.68 Å². The molecular weight excluding hydrogens is 358 g/mol. The van der Waals surface area contributed by atoms with Gasteiger partial charge in [0.25, 0.3) is 5.91 Å². The van der Waals surface area contributed by atoms with E-state index in [-0.39, 0.29) is 11.9 Å². The molecule has 3 aromatic rings. The van der Waals surface area contributed by atoms with E-state index >= 15 is 0 Å². The van der Waals surface area contributed by atoms with Crippen LogP contribution in [0.25, 0.3) is 0 Å². The van der Waals surface area contributed by atoms with Gasteiger partial charge < -0.3 is 5.32 Å². The largest absolute Gasteiger partial charge is 0.349 e. The molecule has 1 aliphatic rings. The van der Waals surface area contributed by atoms with Crippen LogP contribution in [-0.2, 0) is 6.54 Å². The molecule has 0 bridgehead atoms. The summed E-state index contributed by atoms with van der Waals surface area (Å²) in [6.45, 7) is 3.37. The Hall–Kier alpha value is -2.51. The average Bonchev–Trinajstić information content (AvgIpc) is 3.46. The van der Waals surface area contributed by atoms with Crippen LogP contribution in [0.1, 0.15) is 39.8 Å². The Bertz CT molecular complexity index is 856. The topological polar surface area (TPSA) is 63.1 Å². The lowest BCUT2D eigenvalue weighted by atomic mass is 10.2. The summed E-state index contributed by atoms with van der Waals surface area (Å²) in [5.74, 6) is -0.171. The van der Waals surface area contributed by atoms with Crippen LogP contribution in [0.15, 0.2) is 54.0 Å². The van der Waals surface area contributed by atoms with Gasteiger partial charge in [-0.2, -0.15) is 0 Å². The number of amides is 1. The van der Waals surface area contributed by atoms with Gasteiger partial charge in [0.05, 0.1) is 18.8 Å². The Labute approximate surface area is 162 Å². The molecule has 0 saturated carbocycles. The lowest BCUT2D eigenvalue weighted by Gasteiger charge is -2.26. The third-order valence-corrected chi connectivity index (χ3v) is 5.84. The number of carbonyl (C=O) groups is 1. The molecule has 1 atom stereocenters. The van der Waals surface area contributed by atoms with Crippen LogP contribution in [0, 0.1) is 0 Å². The van der Waals surface area contributed by atoms with Crippen LogP contribution in [0.5, 0.6) is 0 Å². The summed E-state index contributed by atoms with van der Waals surface area (Å²) >= 11 is 1.75. The van der Waals surface area contributed by atoms with Crippen molar-refractivity contribution in [2.45, 2.75) is 25.4 Å². The average molecular weight is 382 g/mol. The quantitative estimate of drug-likeness (QED) is 0.683. The van der Waals surface area contributed by atoms with E-state index in [1.165, 1.54) is 17.7 Å². The summed E-state index contributed by atoms with van der Waals surface area (Å²) in [6.07, 6.45) is 4.16. The number of hydrogen-bond donors (Lipinski definition) is 1. The highest BCUT2D eigenvalue weighted by Crippen LogP contribution is 2.27. The monoisotopic (exact) mass is 381 g/mol. The smallest absolute Gasteiger partial charge is 0.273 e. The summed E-state index contributed by atoms with van der Waals surface area (Å²) in [7, 11) is 0. The molecule has 1 unspecified atom stereocenters. The number of aromatic nitrogens is 3. The van der Waals surface area contributed by atoms with Crippen LogP contribution in [0.3, 0.4) is 0 Å². The predicted octanol–water partition coefficient (Wildman–Crippen LogP) is 2.95. The summed E-state index contributed by atoms with van der Waals surface area (Å²) in [4.78, 5) is 16.3. The second-order valence-electron chi connectivity index (χ2n) is 6.77. The Balaban J connectivity index is 1.38. The molecule has 4 rings (SSSR count). The summed E-state index contributed by atoms with van der Waals surface area (Å²) in [5, 5.41) is 13.3. The standard InChI is InChI=1S/C20H23N5OS/c26-20(17-15-25(23-22-17)14-16-7-2-1-3-8-16)21-13-18(19-9-6-12-27-19)24-10-4-5-11-24/h1-3,6-9,12,15,18H,4-5,10-11,13-14H2,(H,21,26). The third-order valence-electron chi connectivity index (χ3n) is 4.87. The second kappa shape index (κ2) is 8.45.